The van der Waals surface area contributed by atoms with Gasteiger partial charge in [0.2, 0.25) is 5.91 Å². The summed E-state index contributed by atoms with van der Waals surface area (Å²) < 4.78 is 5.79. The molecule has 1 N–H and O–H groups in total. The maximum atomic E-state index is 12.9. The van der Waals surface area contributed by atoms with Gasteiger partial charge in [-0.05, 0) is 48.7 Å². The molecule has 0 saturated carbocycles. The van der Waals surface area contributed by atoms with Gasteiger partial charge in [-0.3, -0.25) is 9.59 Å². The highest BCUT2D eigenvalue weighted by Gasteiger charge is 2.32. The van der Waals surface area contributed by atoms with E-state index in [0.29, 0.717) is 23.7 Å². The Morgan fingerprint density at radius 3 is 2.53 bits per heavy atom. The molecule has 5 nitrogen and oxygen atoms in total. The van der Waals surface area contributed by atoms with Crippen molar-refractivity contribution in [2.45, 2.75) is 32.9 Å². The fourth-order valence-corrected chi connectivity index (χ4v) is 3.59. The zero-order valence-electron chi connectivity index (χ0n) is 17.1. The Morgan fingerprint density at radius 2 is 1.77 bits per heavy atom. The summed E-state index contributed by atoms with van der Waals surface area (Å²) in [5.74, 6) is 0.429. The number of hydrogen-bond donors (Lipinski definition) is 1. The Morgan fingerprint density at radius 1 is 1.03 bits per heavy atom. The highest BCUT2D eigenvalue weighted by atomic mass is 16.5. The molecule has 1 unspecified atom stereocenters. The minimum absolute atomic E-state index is 0.0986. The van der Waals surface area contributed by atoms with E-state index >= 15 is 0 Å². The van der Waals surface area contributed by atoms with Gasteiger partial charge in [0.15, 0.2) is 6.10 Å². The smallest absolute Gasteiger partial charge is 0.268 e. The maximum Gasteiger partial charge on any atom is 0.268 e. The first-order valence-corrected chi connectivity index (χ1v) is 10.0. The Kier molecular flexibility index (Phi) is 5.53. The summed E-state index contributed by atoms with van der Waals surface area (Å²) in [5.41, 5.74) is 4.44. The van der Waals surface area contributed by atoms with Crippen LogP contribution in [0.3, 0.4) is 0 Å². The van der Waals surface area contributed by atoms with E-state index in [-0.39, 0.29) is 18.2 Å². The number of amides is 2. The lowest BCUT2D eigenvalue weighted by Crippen LogP contribution is -2.44. The largest absolute Gasteiger partial charge is 0.479 e. The molecule has 1 aliphatic rings. The van der Waals surface area contributed by atoms with Crippen molar-refractivity contribution >= 4 is 23.2 Å². The maximum absolute atomic E-state index is 12.9. The number of aryl methyl sites for hydroxylation is 1. The number of carbonyl (C=O) groups excluding carboxylic acids is 2. The standard InChI is InChI=1S/C25H24N2O3/c1-17-8-6-7-11-20(17)16-27-22-15-21(12-13-23(22)30-18(2)25(27)29)26-24(28)14-19-9-4-3-5-10-19/h3-13,15,18H,14,16H2,1-2H3,(H,26,28). The quantitative estimate of drug-likeness (QED) is 0.686. The molecule has 152 valence electrons. The molecule has 3 aromatic rings. The van der Waals surface area contributed by atoms with Crippen LogP contribution in [0.25, 0.3) is 0 Å². The lowest BCUT2D eigenvalue weighted by atomic mass is 10.1. The third-order valence-electron chi connectivity index (χ3n) is 5.25. The van der Waals surface area contributed by atoms with Crippen molar-refractivity contribution in [1.82, 2.24) is 0 Å². The highest BCUT2D eigenvalue weighted by molar-refractivity contribution is 6.01. The van der Waals surface area contributed by atoms with Crippen LogP contribution < -0.4 is 15.0 Å². The summed E-state index contributed by atoms with van der Waals surface area (Å²) >= 11 is 0. The first-order chi connectivity index (χ1) is 14.5. The lowest BCUT2D eigenvalue weighted by Gasteiger charge is -2.33. The zero-order chi connectivity index (χ0) is 21.1. The summed E-state index contributed by atoms with van der Waals surface area (Å²) in [4.78, 5) is 27.1. The molecule has 2 amide bonds. The second-order valence-electron chi connectivity index (χ2n) is 7.50. The second kappa shape index (κ2) is 8.41. The number of nitrogens with zero attached hydrogens (tertiary/aromatic N) is 1. The van der Waals surface area contributed by atoms with Crippen LogP contribution in [0.4, 0.5) is 11.4 Å². The first-order valence-electron chi connectivity index (χ1n) is 10.0. The molecule has 5 heteroatoms. The lowest BCUT2D eigenvalue weighted by molar-refractivity contribution is -0.125. The summed E-state index contributed by atoms with van der Waals surface area (Å²) in [6, 6.07) is 23.0. The zero-order valence-corrected chi connectivity index (χ0v) is 17.1. The molecule has 1 aliphatic heterocycles. The molecule has 0 bridgehead atoms. The van der Waals surface area contributed by atoms with Gasteiger partial charge in [0, 0.05) is 5.69 Å². The summed E-state index contributed by atoms with van der Waals surface area (Å²) in [6.07, 6.45) is -0.267. The van der Waals surface area contributed by atoms with Crippen LogP contribution in [0.1, 0.15) is 23.6 Å². The van der Waals surface area contributed by atoms with Crippen molar-refractivity contribution in [2.24, 2.45) is 0 Å². The van der Waals surface area contributed by atoms with E-state index in [0.717, 1.165) is 16.7 Å². The predicted molar refractivity (Wildman–Crippen MR) is 118 cm³/mol. The van der Waals surface area contributed by atoms with Gasteiger partial charge in [-0.25, -0.2) is 0 Å². The normalized spacial score (nSPS) is 15.3. The molecule has 4 rings (SSSR count). The summed E-state index contributed by atoms with van der Waals surface area (Å²) in [6.45, 7) is 4.24. The van der Waals surface area contributed by atoms with Crippen molar-refractivity contribution in [3.8, 4) is 5.75 Å². The number of nitrogens with one attached hydrogen (secondary N) is 1. The molecule has 0 fully saturated rings. The van der Waals surface area contributed by atoms with Gasteiger partial charge in [0.1, 0.15) is 5.75 Å². The fraction of sp³-hybridized carbons (Fsp3) is 0.200. The van der Waals surface area contributed by atoms with Gasteiger partial charge in [-0.1, -0.05) is 54.6 Å². The Labute approximate surface area is 176 Å². The van der Waals surface area contributed by atoms with Crippen LogP contribution in [0.2, 0.25) is 0 Å². The van der Waals surface area contributed by atoms with Crippen molar-refractivity contribution in [3.05, 3.63) is 89.5 Å². The molecule has 3 aromatic carbocycles. The second-order valence-corrected chi connectivity index (χ2v) is 7.50. The Balaban J connectivity index is 1.58. The average Bonchev–Trinajstić information content (AvgIpc) is 2.74. The predicted octanol–water partition coefficient (Wildman–Crippen LogP) is 4.49. The molecule has 30 heavy (non-hydrogen) atoms. The topological polar surface area (TPSA) is 58.6 Å². The third kappa shape index (κ3) is 4.20. The number of fused-ring (bicyclic) bond motifs is 1. The van der Waals surface area contributed by atoms with Gasteiger partial charge < -0.3 is 15.0 Å². The third-order valence-corrected chi connectivity index (χ3v) is 5.25. The molecule has 1 atom stereocenters. The van der Waals surface area contributed by atoms with Crippen LogP contribution in [0, 0.1) is 6.92 Å². The van der Waals surface area contributed by atoms with E-state index in [9.17, 15) is 9.59 Å². The molecule has 0 aliphatic carbocycles. The molecule has 0 aromatic heterocycles. The van der Waals surface area contributed by atoms with Gasteiger partial charge in [0.05, 0.1) is 18.7 Å². The van der Waals surface area contributed by atoms with Crippen molar-refractivity contribution in [3.63, 3.8) is 0 Å². The number of hydrogen-bond acceptors (Lipinski definition) is 3. The van der Waals surface area contributed by atoms with E-state index in [2.05, 4.69) is 5.32 Å². The average molecular weight is 400 g/mol. The van der Waals surface area contributed by atoms with E-state index < -0.39 is 6.10 Å². The van der Waals surface area contributed by atoms with Crippen molar-refractivity contribution in [1.29, 1.82) is 0 Å². The van der Waals surface area contributed by atoms with Gasteiger partial charge in [-0.2, -0.15) is 0 Å². The van der Waals surface area contributed by atoms with Crippen molar-refractivity contribution in [2.75, 3.05) is 10.2 Å². The molecule has 0 radical (unpaired) electrons. The molecule has 0 spiro atoms. The number of anilines is 2. The van der Waals surface area contributed by atoms with Crippen LogP contribution in [0.15, 0.2) is 72.8 Å². The van der Waals surface area contributed by atoms with Gasteiger partial charge in [-0.15, -0.1) is 0 Å². The number of carbonyl (C=O) groups is 2. The van der Waals surface area contributed by atoms with Crippen LogP contribution in [-0.2, 0) is 22.6 Å². The van der Waals surface area contributed by atoms with E-state index in [1.165, 1.54) is 0 Å². The highest BCUT2D eigenvalue weighted by Crippen LogP contribution is 2.37. The summed E-state index contributed by atoms with van der Waals surface area (Å²) in [7, 11) is 0. The van der Waals surface area contributed by atoms with Crippen LogP contribution in [0.5, 0.6) is 5.75 Å². The van der Waals surface area contributed by atoms with Crippen LogP contribution in [-0.4, -0.2) is 17.9 Å². The number of benzene rings is 3. The molecule has 0 saturated heterocycles. The van der Waals surface area contributed by atoms with E-state index in [4.69, 9.17) is 4.74 Å². The van der Waals surface area contributed by atoms with Gasteiger partial charge in [0.25, 0.3) is 5.91 Å². The molecular formula is C25H24N2O3. The minimum atomic E-state index is -0.556. The first kappa shape index (κ1) is 19.7. The van der Waals surface area contributed by atoms with E-state index in [1.54, 1.807) is 30.0 Å². The van der Waals surface area contributed by atoms with Crippen molar-refractivity contribution < 1.29 is 14.3 Å². The molecular weight excluding hydrogens is 376 g/mol. The Bertz CT molecular complexity index is 1080. The fourth-order valence-electron chi connectivity index (χ4n) is 3.59. The van der Waals surface area contributed by atoms with E-state index in [1.807, 2.05) is 61.5 Å². The van der Waals surface area contributed by atoms with Crippen LogP contribution >= 0.6 is 0 Å². The number of ether oxygens (including phenoxy) is 1. The molecule has 1 heterocycles. The SMILES string of the molecule is Cc1ccccc1CN1C(=O)C(C)Oc2ccc(NC(=O)Cc3ccccc3)cc21. The van der Waals surface area contributed by atoms with Gasteiger partial charge >= 0.3 is 0 Å². The Hall–Kier alpha value is -3.60. The monoisotopic (exact) mass is 400 g/mol. The minimum Gasteiger partial charge on any atom is -0.479 e. The number of rotatable bonds is 5. The summed E-state index contributed by atoms with van der Waals surface area (Å²) in [5, 5.41) is 2.93.